The minimum atomic E-state index is -4.79. The topological polar surface area (TPSA) is 64.4 Å². The highest BCUT2D eigenvalue weighted by molar-refractivity contribution is 7.13. The number of oxazole rings is 1. The number of hydrogen-bond donors (Lipinski definition) is 1. The zero-order valence-electron chi connectivity index (χ0n) is 13.5. The van der Waals surface area contributed by atoms with Gasteiger partial charge in [-0.25, -0.2) is 4.98 Å². The molecule has 0 radical (unpaired) electrons. The molecule has 0 bridgehead atoms. The molecular weight excluding hydrogens is 369 g/mol. The summed E-state index contributed by atoms with van der Waals surface area (Å²) in [5.74, 6) is 0.106. The predicted octanol–water partition coefficient (Wildman–Crippen LogP) is 4.79. The van der Waals surface area contributed by atoms with Crippen molar-refractivity contribution >= 4 is 22.9 Å². The van der Waals surface area contributed by atoms with E-state index in [1.165, 1.54) is 23.5 Å². The van der Waals surface area contributed by atoms with Gasteiger partial charge >= 0.3 is 6.36 Å². The molecular formula is C17H13F3N2O3S. The molecule has 26 heavy (non-hydrogen) atoms. The van der Waals surface area contributed by atoms with Crippen LogP contribution in [-0.2, 0) is 11.2 Å². The summed E-state index contributed by atoms with van der Waals surface area (Å²) in [4.78, 5) is 17.3. The molecule has 0 saturated carbocycles. The van der Waals surface area contributed by atoms with Gasteiger partial charge in [-0.1, -0.05) is 12.1 Å². The van der Waals surface area contributed by atoms with Crippen molar-refractivity contribution in [1.82, 2.24) is 4.98 Å². The van der Waals surface area contributed by atoms with Gasteiger partial charge in [0, 0.05) is 11.8 Å². The first kappa shape index (κ1) is 18.0. The third-order valence-electron chi connectivity index (χ3n) is 3.30. The Balaban J connectivity index is 1.67. The van der Waals surface area contributed by atoms with Gasteiger partial charge in [0.1, 0.15) is 11.5 Å². The van der Waals surface area contributed by atoms with Crippen molar-refractivity contribution in [2.24, 2.45) is 0 Å². The molecule has 2 heterocycles. The summed E-state index contributed by atoms with van der Waals surface area (Å²) >= 11 is 1.46. The second-order valence-electron chi connectivity index (χ2n) is 5.30. The van der Waals surface area contributed by atoms with Crippen LogP contribution in [0.2, 0.25) is 0 Å². The molecule has 1 amide bonds. The van der Waals surface area contributed by atoms with Crippen molar-refractivity contribution in [1.29, 1.82) is 0 Å². The number of halogens is 3. The molecule has 0 aliphatic carbocycles. The van der Waals surface area contributed by atoms with Crippen LogP contribution in [0.15, 0.2) is 46.2 Å². The van der Waals surface area contributed by atoms with Gasteiger partial charge < -0.3 is 14.5 Å². The highest BCUT2D eigenvalue weighted by Crippen LogP contribution is 2.27. The van der Waals surface area contributed by atoms with Crippen LogP contribution in [-0.4, -0.2) is 17.3 Å². The lowest BCUT2D eigenvalue weighted by molar-refractivity contribution is -0.274. The number of carbonyl (C=O) groups excluding carboxylic acids is 1. The Morgan fingerprint density at radius 3 is 2.81 bits per heavy atom. The fraction of sp³-hybridized carbons (Fsp3) is 0.176. The van der Waals surface area contributed by atoms with E-state index < -0.39 is 18.0 Å². The Morgan fingerprint density at radius 1 is 1.31 bits per heavy atom. The lowest BCUT2D eigenvalue weighted by atomic mass is 10.2. The zero-order valence-corrected chi connectivity index (χ0v) is 14.3. The van der Waals surface area contributed by atoms with Crippen molar-refractivity contribution in [3.8, 4) is 16.5 Å². The average molecular weight is 382 g/mol. The van der Waals surface area contributed by atoms with Crippen molar-refractivity contribution in [2.45, 2.75) is 19.7 Å². The SMILES string of the molecule is Cc1oc(-c2cccs2)nc1CC(=O)Nc1cccc(OC(F)(F)F)c1. The maximum Gasteiger partial charge on any atom is 0.573 e. The van der Waals surface area contributed by atoms with E-state index in [4.69, 9.17) is 4.42 Å². The quantitative estimate of drug-likeness (QED) is 0.689. The molecule has 0 unspecified atom stereocenters. The lowest BCUT2D eigenvalue weighted by Gasteiger charge is -2.10. The maximum atomic E-state index is 12.3. The second-order valence-corrected chi connectivity index (χ2v) is 6.25. The average Bonchev–Trinajstić information content (AvgIpc) is 3.16. The standard InChI is InChI=1S/C17H13F3N2O3S/c1-10-13(22-16(24-10)14-6-3-7-26-14)9-15(23)21-11-4-2-5-12(8-11)25-17(18,19)20/h2-8H,9H2,1H3,(H,21,23). The molecule has 5 nitrogen and oxygen atoms in total. The van der Waals surface area contributed by atoms with E-state index in [-0.39, 0.29) is 12.1 Å². The number of aromatic nitrogens is 1. The predicted molar refractivity (Wildman–Crippen MR) is 90.0 cm³/mol. The highest BCUT2D eigenvalue weighted by atomic mass is 32.1. The Bertz CT molecular complexity index is 904. The molecule has 3 rings (SSSR count). The molecule has 0 aliphatic rings. The second kappa shape index (κ2) is 7.20. The van der Waals surface area contributed by atoms with Crippen LogP contribution in [0.4, 0.5) is 18.9 Å². The van der Waals surface area contributed by atoms with Crippen LogP contribution in [0.3, 0.4) is 0 Å². The van der Waals surface area contributed by atoms with Gasteiger partial charge in [-0.05, 0) is 30.5 Å². The van der Waals surface area contributed by atoms with Crippen LogP contribution in [0.1, 0.15) is 11.5 Å². The normalized spacial score (nSPS) is 11.4. The number of benzene rings is 1. The molecule has 1 aromatic carbocycles. The Morgan fingerprint density at radius 2 is 2.12 bits per heavy atom. The van der Waals surface area contributed by atoms with Gasteiger partial charge in [0.15, 0.2) is 0 Å². The first-order valence-electron chi connectivity index (χ1n) is 7.46. The summed E-state index contributed by atoms with van der Waals surface area (Å²) in [6, 6.07) is 8.78. The van der Waals surface area contributed by atoms with Gasteiger partial charge in [0.2, 0.25) is 11.8 Å². The van der Waals surface area contributed by atoms with Crippen LogP contribution in [0.25, 0.3) is 10.8 Å². The zero-order chi connectivity index (χ0) is 18.7. The Kier molecular flexibility index (Phi) is 4.99. The van der Waals surface area contributed by atoms with E-state index in [2.05, 4.69) is 15.0 Å². The summed E-state index contributed by atoms with van der Waals surface area (Å²) in [6.45, 7) is 1.70. The first-order chi connectivity index (χ1) is 12.3. The number of rotatable bonds is 5. The van der Waals surface area contributed by atoms with E-state index in [0.717, 1.165) is 17.0 Å². The third-order valence-corrected chi connectivity index (χ3v) is 4.16. The molecule has 0 saturated heterocycles. The highest BCUT2D eigenvalue weighted by Gasteiger charge is 2.31. The summed E-state index contributed by atoms with van der Waals surface area (Å²) < 4.78 is 46.2. The van der Waals surface area contributed by atoms with Crippen LogP contribution in [0, 0.1) is 6.92 Å². The number of carbonyl (C=O) groups is 1. The number of nitrogens with zero attached hydrogens (tertiary/aromatic N) is 1. The minimum Gasteiger partial charge on any atom is -0.440 e. The van der Waals surface area contributed by atoms with Gasteiger partial charge in [-0.3, -0.25) is 4.79 Å². The largest absolute Gasteiger partial charge is 0.573 e. The fourth-order valence-corrected chi connectivity index (χ4v) is 2.87. The number of nitrogens with one attached hydrogen (secondary N) is 1. The first-order valence-corrected chi connectivity index (χ1v) is 8.34. The summed E-state index contributed by atoms with van der Waals surface area (Å²) in [5, 5.41) is 4.41. The molecule has 0 atom stereocenters. The Labute approximate surface area is 150 Å². The van der Waals surface area contributed by atoms with Crippen molar-refractivity contribution < 1.29 is 27.1 Å². The van der Waals surface area contributed by atoms with Gasteiger partial charge in [-0.2, -0.15) is 0 Å². The molecule has 0 aliphatic heterocycles. The molecule has 136 valence electrons. The van der Waals surface area contributed by atoms with Crippen LogP contribution >= 0.6 is 11.3 Å². The van der Waals surface area contributed by atoms with E-state index >= 15 is 0 Å². The number of amides is 1. The van der Waals surface area contributed by atoms with Crippen LogP contribution < -0.4 is 10.1 Å². The van der Waals surface area contributed by atoms with Gasteiger partial charge in [-0.15, -0.1) is 24.5 Å². The van der Waals surface area contributed by atoms with Crippen molar-refractivity contribution in [3.63, 3.8) is 0 Å². The summed E-state index contributed by atoms with van der Waals surface area (Å²) in [7, 11) is 0. The molecule has 1 N–H and O–H groups in total. The molecule has 0 fully saturated rings. The van der Waals surface area contributed by atoms with E-state index in [1.807, 2.05) is 17.5 Å². The monoisotopic (exact) mass is 382 g/mol. The maximum absolute atomic E-state index is 12.3. The fourth-order valence-electron chi connectivity index (χ4n) is 2.23. The number of hydrogen-bond acceptors (Lipinski definition) is 5. The summed E-state index contributed by atoms with van der Waals surface area (Å²) in [6.07, 6.45) is -4.86. The Hall–Kier alpha value is -2.81. The summed E-state index contributed by atoms with van der Waals surface area (Å²) in [5.41, 5.74) is 0.657. The number of ether oxygens (including phenoxy) is 1. The molecule has 9 heteroatoms. The van der Waals surface area contributed by atoms with E-state index in [0.29, 0.717) is 17.3 Å². The van der Waals surface area contributed by atoms with Crippen molar-refractivity contribution in [2.75, 3.05) is 5.32 Å². The van der Waals surface area contributed by atoms with Gasteiger partial charge in [0.25, 0.3) is 0 Å². The van der Waals surface area contributed by atoms with E-state index in [9.17, 15) is 18.0 Å². The number of aryl methyl sites for hydroxylation is 1. The molecule has 2 aromatic heterocycles. The molecule has 0 spiro atoms. The number of anilines is 1. The third kappa shape index (κ3) is 4.63. The van der Waals surface area contributed by atoms with E-state index in [1.54, 1.807) is 6.92 Å². The number of alkyl halides is 3. The minimum absolute atomic E-state index is 0.0644. The van der Waals surface area contributed by atoms with Gasteiger partial charge in [0.05, 0.1) is 17.0 Å². The lowest BCUT2D eigenvalue weighted by Crippen LogP contribution is -2.18. The smallest absolute Gasteiger partial charge is 0.440 e. The molecule has 3 aromatic rings. The number of thiophene rings is 1. The van der Waals surface area contributed by atoms with Crippen molar-refractivity contribution in [3.05, 3.63) is 53.2 Å². The van der Waals surface area contributed by atoms with Crippen LogP contribution in [0.5, 0.6) is 5.75 Å².